The average molecular weight is 715 g/mol. The molecule has 3 aromatic rings. The Labute approximate surface area is 351 Å². The normalized spacial score (nSPS) is 12.7. The van der Waals surface area contributed by atoms with Crippen LogP contribution >= 0.6 is 15.9 Å². The zero-order chi connectivity index (χ0) is 31.4. The van der Waals surface area contributed by atoms with Crippen molar-refractivity contribution in [1.29, 1.82) is 0 Å². The van der Waals surface area contributed by atoms with Gasteiger partial charge in [-0.15, -0.1) is 0 Å². The summed E-state index contributed by atoms with van der Waals surface area (Å²) in [5.41, 5.74) is 9.94. The summed E-state index contributed by atoms with van der Waals surface area (Å²) in [5.74, 6) is -4.11. The number of amides is 1. The number of nitrogens with one attached hydrogen (secondary N) is 1. The van der Waals surface area contributed by atoms with Crippen LogP contribution < -0.4 is 170 Å². The molecule has 2 aromatic heterocycles. The topological polar surface area (TPSA) is 344 Å². The van der Waals surface area contributed by atoms with Crippen LogP contribution in [0.4, 0.5) is 17.5 Å². The zero-order valence-corrected chi connectivity index (χ0v) is 35.3. The third-order valence-corrected chi connectivity index (χ3v) is 8.70. The van der Waals surface area contributed by atoms with Gasteiger partial charge in [0.2, 0.25) is 5.95 Å². The number of fused-ring (bicyclic) bond motifs is 1. The number of carboxylic acids is 1. The van der Waals surface area contributed by atoms with Crippen LogP contribution in [0.15, 0.2) is 35.5 Å². The Kier molecular flexibility index (Phi) is 21.7. The molecule has 0 fully saturated rings. The van der Waals surface area contributed by atoms with Crippen LogP contribution in [0, 0.1) is 0 Å². The zero-order valence-electron chi connectivity index (χ0n) is 25.6. The van der Waals surface area contributed by atoms with Crippen LogP contribution in [-0.4, -0.2) is 66.1 Å². The van der Waals surface area contributed by atoms with Crippen LogP contribution in [0.3, 0.4) is 0 Å². The van der Waals surface area contributed by atoms with Crippen molar-refractivity contribution in [3.05, 3.63) is 41.7 Å². The Morgan fingerprint density at radius 3 is 2.11 bits per heavy atom. The molecule has 1 amide bonds. The van der Waals surface area contributed by atoms with Gasteiger partial charge < -0.3 is 56.3 Å². The molecule has 0 aliphatic rings. The number of aliphatic carboxylic acids is 1. The van der Waals surface area contributed by atoms with Crippen LogP contribution in [0.25, 0.3) is 11.2 Å². The predicted octanol–water partition coefficient (Wildman–Crippen LogP) is -18.1. The molecule has 2 unspecified atom stereocenters. The minimum atomic E-state index is -6.00. The Morgan fingerprint density at radius 1 is 1.00 bits per heavy atom. The molecule has 3 rings (SSSR count). The number of hydrogen-bond acceptors (Lipinski definition) is 18. The first kappa shape index (κ1) is 48.2. The summed E-state index contributed by atoms with van der Waals surface area (Å²) in [7, 11) is -9.89. The van der Waals surface area contributed by atoms with Gasteiger partial charge in [-0.05, 0) is 43.0 Å². The molecule has 7 N–H and O–H groups in total. The first-order valence-corrected chi connectivity index (χ1v) is 14.9. The summed E-state index contributed by atoms with van der Waals surface area (Å²) < 4.78 is 0. The summed E-state index contributed by atoms with van der Waals surface area (Å²) in [6.07, 6.45) is -0.0684. The van der Waals surface area contributed by atoms with E-state index in [0.717, 1.165) is 0 Å². The molecule has 19 nitrogen and oxygen atoms in total. The average Bonchev–Trinajstić information content (AvgIpc) is 2.88. The number of benzene rings is 1. The van der Waals surface area contributed by atoms with E-state index in [0.29, 0.717) is 11.4 Å². The van der Waals surface area contributed by atoms with E-state index in [1.807, 2.05) is 0 Å². The second-order valence-corrected chi connectivity index (χ2v) is 12.4. The summed E-state index contributed by atoms with van der Waals surface area (Å²) in [4.78, 5) is 107. The number of carbonyl (C=O) groups excluding carboxylic acids is 2. The number of nitrogens with zero attached hydrogens (tertiary/aromatic N) is 6. The van der Waals surface area contributed by atoms with Gasteiger partial charge in [0.05, 0.1) is 30.4 Å². The fourth-order valence-electron chi connectivity index (χ4n) is 3.54. The Bertz CT molecular complexity index is 1490. The van der Waals surface area contributed by atoms with Gasteiger partial charge in [-0.2, -0.15) is 9.97 Å². The standard InChI is InChI=1S/C21H27N9O10P2.4Na/c1-30(9-11-8-24-17-15(25-11)16(22)28-20(23)29-17)12-4-2-10(3-5-12)18(32)26-13(19(33)34)6-7-14(31)27-21(41(35,36)37)42(38,39)40;;;;/h2-5,8,13,21H,6-7,9H2,1H3,(H,26,32)(H,27,31)(H,33,34)(H2,35,36,37)(H2,38,39,40)(H4,22,23,24,28,29);;;;/q;4*+1/p-4. The number of hydrogen-bond donors (Lipinski definition) is 5. The van der Waals surface area contributed by atoms with Gasteiger partial charge in [-0.25, -0.2) is 24.7 Å². The molecule has 0 aliphatic heterocycles. The molecule has 0 saturated heterocycles. The van der Waals surface area contributed by atoms with Gasteiger partial charge in [0, 0.05) is 18.3 Å². The van der Waals surface area contributed by atoms with E-state index in [9.17, 15) is 39.4 Å². The molecular weight excluding hydrogens is 692 g/mol. The van der Waals surface area contributed by atoms with E-state index >= 15 is 0 Å². The van der Waals surface area contributed by atoms with E-state index < -0.39 is 58.1 Å². The van der Waals surface area contributed by atoms with Crippen molar-refractivity contribution in [2.75, 3.05) is 23.4 Å². The molecule has 0 aliphatic carbocycles. The van der Waals surface area contributed by atoms with Gasteiger partial charge in [0.15, 0.2) is 17.0 Å². The third-order valence-electron chi connectivity index (χ3n) is 5.55. The predicted molar refractivity (Wildman–Crippen MR) is 137 cm³/mol. The number of nitrogens with two attached hydrogens (primary N) is 2. The van der Waals surface area contributed by atoms with E-state index in [1.54, 1.807) is 24.1 Å². The smallest absolute Gasteiger partial charge is 0.862 e. The molecule has 0 saturated carbocycles. The van der Waals surface area contributed by atoms with Gasteiger partial charge in [0.1, 0.15) is 0 Å². The first-order valence-electron chi connectivity index (χ1n) is 11.6. The molecular formula is C21H23N9Na4O10P2. The maximum atomic E-state index is 12.6. The van der Waals surface area contributed by atoms with E-state index in [4.69, 9.17) is 21.3 Å². The van der Waals surface area contributed by atoms with Gasteiger partial charge in [0.25, 0.3) is 19.4 Å². The van der Waals surface area contributed by atoms with Crippen molar-refractivity contribution in [1.82, 2.24) is 25.3 Å². The second-order valence-electron chi connectivity index (χ2n) is 8.79. The van der Waals surface area contributed by atoms with Crippen molar-refractivity contribution in [2.45, 2.75) is 31.0 Å². The first-order chi connectivity index (χ1) is 19.5. The second kappa shape index (κ2) is 20.7. The maximum absolute atomic E-state index is 12.6. The van der Waals surface area contributed by atoms with Crippen LogP contribution in [0.5, 0.6) is 0 Å². The van der Waals surface area contributed by atoms with Crippen LogP contribution in [0.2, 0.25) is 0 Å². The molecule has 2 heterocycles. The summed E-state index contributed by atoms with van der Waals surface area (Å²) in [6.45, 7) is 0.265. The monoisotopic (exact) mass is 715 g/mol. The molecule has 226 valence electrons. The molecule has 0 radical (unpaired) electrons. The minimum Gasteiger partial charge on any atom is -0.862 e. The molecule has 46 heavy (non-hydrogen) atoms. The van der Waals surface area contributed by atoms with Gasteiger partial charge in [-0.1, -0.05) is 7.94 Å². The number of carbonyl (C=O) groups is 2. The summed E-state index contributed by atoms with van der Waals surface area (Å²) >= 11 is 0. The maximum Gasteiger partial charge on any atom is 1.00 e. The molecule has 25 heteroatoms. The van der Waals surface area contributed by atoms with Crippen molar-refractivity contribution in [3.8, 4) is 0 Å². The SMILES string of the molecule is CN(Cc1cnc2nc(N)nc(N)c2n1)c1ccc(C(=O)NC(CCC([O-])=NC([P+]([O-])([O-])[O-])[P+]([O-])(O)O)C(=O)[O-])cc1.[Na+].[Na+].[Na+].[Na+]. The number of rotatable bonds is 12. The quantitative estimate of drug-likeness (QED) is 0.0503. The third kappa shape index (κ3) is 14.1. The fraction of sp³-hybridized carbons (Fsp3) is 0.286. The van der Waals surface area contributed by atoms with Crippen molar-refractivity contribution in [3.63, 3.8) is 0 Å². The fourth-order valence-corrected chi connectivity index (χ4v) is 5.57. The number of carboxylic acid groups (broad SMARTS) is 1. The molecule has 0 bridgehead atoms. The van der Waals surface area contributed by atoms with Crippen molar-refractivity contribution >= 4 is 62.3 Å². The number of nitrogen functional groups attached to an aromatic ring is 2. The number of aliphatic imine (C=N–C) groups is 1. The Hall–Kier alpha value is 0.0700. The van der Waals surface area contributed by atoms with Crippen LogP contribution in [-0.2, 0) is 11.3 Å². The Balaban J connectivity index is 0. The van der Waals surface area contributed by atoms with E-state index in [-0.39, 0.29) is 153 Å². The van der Waals surface area contributed by atoms with E-state index in [2.05, 4.69) is 30.2 Å². The van der Waals surface area contributed by atoms with Crippen molar-refractivity contribution in [2.24, 2.45) is 4.99 Å². The van der Waals surface area contributed by atoms with E-state index in [1.165, 1.54) is 18.3 Å². The van der Waals surface area contributed by atoms with Crippen LogP contribution in [0.1, 0.15) is 28.9 Å². The molecule has 0 spiro atoms. The molecule has 2 atom stereocenters. The largest absolute Gasteiger partial charge is 1.00 e. The number of aromatic nitrogens is 4. The van der Waals surface area contributed by atoms with Gasteiger partial charge >= 0.3 is 118 Å². The molecule has 1 aromatic carbocycles. The van der Waals surface area contributed by atoms with Crippen molar-refractivity contribution < 1.29 is 167 Å². The number of anilines is 3. The van der Waals surface area contributed by atoms with Gasteiger partial charge in [-0.3, -0.25) is 4.79 Å². The Morgan fingerprint density at radius 2 is 1.59 bits per heavy atom. The summed E-state index contributed by atoms with van der Waals surface area (Å²) in [5, 5.41) is 25.5. The summed E-state index contributed by atoms with van der Waals surface area (Å²) in [6, 6.07) is 4.13. The minimum absolute atomic E-state index is 0.